The Morgan fingerprint density at radius 3 is 2.53 bits per heavy atom. The van der Waals surface area contributed by atoms with Gasteiger partial charge in [-0.3, -0.25) is 9.59 Å². The molecule has 1 atom stereocenters. The Bertz CT molecular complexity index is 296. The highest BCUT2D eigenvalue weighted by Crippen LogP contribution is 2.30. The topological polar surface area (TPSA) is 69.6 Å². The highest BCUT2D eigenvalue weighted by atomic mass is 16.4. The quantitative estimate of drug-likeness (QED) is 0.701. The summed E-state index contributed by atoms with van der Waals surface area (Å²) in [7, 11) is 0. The first kappa shape index (κ1) is 12.4. The summed E-state index contributed by atoms with van der Waals surface area (Å²) in [6.45, 7) is 2.34. The number of carboxylic acid groups (broad SMARTS) is 1. The van der Waals surface area contributed by atoms with E-state index in [9.17, 15) is 9.59 Å². The molecule has 0 aromatic heterocycles. The third-order valence-electron chi connectivity index (χ3n) is 3.48. The van der Waals surface area contributed by atoms with Crippen molar-refractivity contribution in [2.75, 3.05) is 26.2 Å². The molecule has 0 radical (unpaired) electrons. The maximum Gasteiger partial charge on any atom is 0.323 e. The lowest BCUT2D eigenvalue weighted by Crippen LogP contribution is -2.38. The van der Waals surface area contributed by atoms with Gasteiger partial charge in [0.2, 0.25) is 5.91 Å². The van der Waals surface area contributed by atoms with E-state index in [4.69, 9.17) is 5.11 Å². The van der Waals surface area contributed by atoms with Gasteiger partial charge in [0, 0.05) is 13.0 Å². The Kier molecular flexibility index (Phi) is 3.99. The first-order valence-corrected chi connectivity index (χ1v) is 6.35. The zero-order chi connectivity index (χ0) is 12.3. The monoisotopic (exact) mass is 240 g/mol. The standard InChI is InChI=1S/C12H20N2O3/c15-11(5-10-3-4-13-6-10)14(8-12(16)17)7-9-1-2-9/h9-10,13H,1-8H2,(H,16,17). The minimum absolute atomic E-state index is 0.00741. The molecule has 1 amide bonds. The molecule has 2 rings (SSSR count). The third-order valence-corrected chi connectivity index (χ3v) is 3.48. The molecule has 17 heavy (non-hydrogen) atoms. The van der Waals surface area contributed by atoms with E-state index in [-0.39, 0.29) is 12.5 Å². The highest BCUT2D eigenvalue weighted by Gasteiger charge is 2.29. The Morgan fingerprint density at radius 1 is 1.24 bits per heavy atom. The van der Waals surface area contributed by atoms with Crippen molar-refractivity contribution in [3.05, 3.63) is 0 Å². The Labute approximate surface area is 101 Å². The van der Waals surface area contributed by atoms with Crippen LogP contribution in [-0.2, 0) is 9.59 Å². The highest BCUT2D eigenvalue weighted by molar-refractivity contribution is 5.81. The number of aliphatic carboxylic acids is 1. The fourth-order valence-electron chi connectivity index (χ4n) is 2.29. The van der Waals surface area contributed by atoms with Crippen LogP contribution in [0.15, 0.2) is 0 Å². The summed E-state index contributed by atoms with van der Waals surface area (Å²) < 4.78 is 0. The summed E-state index contributed by atoms with van der Waals surface area (Å²) in [4.78, 5) is 24.3. The summed E-state index contributed by atoms with van der Waals surface area (Å²) in [6, 6.07) is 0. The smallest absolute Gasteiger partial charge is 0.323 e. The van der Waals surface area contributed by atoms with Gasteiger partial charge in [0.15, 0.2) is 0 Å². The van der Waals surface area contributed by atoms with Crippen LogP contribution in [0.5, 0.6) is 0 Å². The molecular weight excluding hydrogens is 220 g/mol. The van der Waals surface area contributed by atoms with Crippen LogP contribution in [0.25, 0.3) is 0 Å². The molecule has 5 heteroatoms. The third kappa shape index (κ3) is 4.00. The van der Waals surface area contributed by atoms with E-state index in [2.05, 4.69) is 5.32 Å². The van der Waals surface area contributed by atoms with Crippen LogP contribution in [0.4, 0.5) is 0 Å². The lowest BCUT2D eigenvalue weighted by molar-refractivity contribution is -0.145. The van der Waals surface area contributed by atoms with Crippen molar-refractivity contribution in [2.24, 2.45) is 11.8 Å². The summed E-state index contributed by atoms with van der Waals surface area (Å²) in [5.74, 6) is 0.0227. The average molecular weight is 240 g/mol. The molecule has 1 aliphatic carbocycles. The second-order valence-electron chi connectivity index (χ2n) is 5.17. The molecule has 0 spiro atoms. The van der Waals surface area contributed by atoms with Gasteiger partial charge in [-0.15, -0.1) is 0 Å². The van der Waals surface area contributed by atoms with Crippen molar-refractivity contribution in [1.82, 2.24) is 10.2 Å². The Hall–Kier alpha value is -1.10. The molecule has 2 fully saturated rings. The van der Waals surface area contributed by atoms with Gasteiger partial charge >= 0.3 is 5.97 Å². The van der Waals surface area contributed by atoms with Crippen molar-refractivity contribution in [3.8, 4) is 0 Å². The number of carbonyl (C=O) groups excluding carboxylic acids is 1. The lowest BCUT2D eigenvalue weighted by Gasteiger charge is -2.22. The number of carboxylic acids is 1. The molecule has 1 unspecified atom stereocenters. The van der Waals surface area contributed by atoms with Crippen molar-refractivity contribution < 1.29 is 14.7 Å². The molecule has 0 bridgehead atoms. The van der Waals surface area contributed by atoms with Gasteiger partial charge < -0.3 is 15.3 Å². The summed E-state index contributed by atoms with van der Waals surface area (Å²) >= 11 is 0. The van der Waals surface area contributed by atoms with Gasteiger partial charge in [-0.05, 0) is 44.2 Å². The summed E-state index contributed by atoms with van der Waals surface area (Å²) in [6.07, 6.45) is 3.78. The molecule has 1 saturated carbocycles. The fraction of sp³-hybridized carbons (Fsp3) is 0.833. The van der Waals surface area contributed by atoms with Crippen LogP contribution >= 0.6 is 0 Å². The molecule has 96 valence electrons. The van der Waals surface area contributed by atoms with E-state index in [0.29, 0.717) is 24.8 Å². The molecule has 0 aromatic carbocycles. The lowest BCUT2D eigenvalue weighted by atomic mass is 10.0. The van der Waals surface area contributed by atoms with Crippen LogP contribution in [0.2, 0.25) is 0 Å². The number of nitrogens with zero attached hydrogens (tertiary/aromatic N) is 1. The minimum Gasteiger partial charge on any atom is -0.480 e. The van der Waals surface area contributed by atoms with E-state index >= 15 is 0 Å². The number of carbonyl (C=O) groups is 2. The average Bonchev–Trinajstić information content (AvgIpc) is 2.92. The largest absolute Gasteiger partial charge is 0.480 e. The van der Waals surface area contributed by atoms with E-state index in [1.165, 1.54) is 4.90 Å². The molecule has 2 aliphatic rings. The molecule has 0 aromatic rings. The number of hydrogen-bond acceptors (Lipinski definition) is 3. The van der Waals surface area contributed by atoms with Crippen molar-refractivity contribution >= 4 is 11.9 Å². The van der Waals surface area contributed by atoms with E-state index < -0.39 is 5.97 Å². The summed E-state index contributed by atoms with van der Waals surface area (Å²) in [5.41, 5.74) is 0. The molecule has 1 aliphatic heterocycles. The van der Waals surface area contributed by atoms with Gasteiger partial charge in [-0.2, -0.15) is 0 Å². The van der Waals surface area contributed by atoms with E-state index in [1.807, 2.05) is 0 Å². The molecule has 2 N–H and O–H groups in total. The molecule has 1 saturated heterocycles. The number of amides is 1. The zero-order valence-electron chi connectivity index (χ0n) is 10.0. The number of rotatable bonds is 6. The second-order valence-corrected chi connectivity index (χ2v) is 5.17. The second kappa shape index (κ2) is 5.49. The van der Waals surface area contributed by atoms with Gasteiger partial charge in [0.05, 0.1) is 0 Å². The zero-order valence-corrected chi connectivity index (χ0v) is 10.0. The predicted molar refractivity (Wildman–Crippen MR) is 62.5 cm³/mol. The van der Waals surface area contributed by atoms with Crippen molar-refractivity contribution in [3.63, 3.8) is 0 Å². The van der Waals surface area contributed by atoms with Gasteiger partial charge in [0.1, 0.15) is 6.54 Å². The number of nitrogens with one attached hydrogen (secondary N) is 1. The Morgan fingerprint density at radius 2 is 2.00 bits per heavy atom. The number of hydrogen-bond donors (Lipinski definition) is 2. The Balaban J connectivity index is 1.83. The summed E-state index contributed by atoms with van der Waals surface area (Å²) in [5, 5.41) is 12.0. The van der Waals surface area contributed by atoms with Crippen LogP contribution in [0, 0.1) is 11.8 Å². The SMILES string of the molecule is O=C(O)CN(CC1CC1)C(=O)CC1CCNC1. The van der Waals surface area contributed by atoms with Gasteiger partial charge in [-0.25, -0.2) is 0 Å². The van der Waals surface area contributed by atoms with Crippen molar-refractivity contribution in [1.29, 1.82) is 0 Å². The van der Waals surface area contributed by atoms with Crippen LogP contribution < -0.4 is 5.32 Å². The first-order chi connectivity index (χ1) is 8.15. The predicted octanol–water partition coefficient (Wildman–Crippen LogP) is 0.309. The first-order valence-electron chi connectivity index (χ1n) is 6.35. The maximum absolute atomic E-state index is 12.0. The van der Waals surface area contributed by atoms with Crippen LogP contribution in [0.3, 0.4) is 0 Å². The molecule has 1 heterocycles. The van der Waals surface area contributed by atoms with Crippen LogP contribution in [0.1, 0.15) is 25.7 Å². The van der Waals surface area contributed by atoms with Gasteiger partial charge in [0.25, 0.3) is 0 Å². The maximum atomic E-state index is 12.0. The minimum atomic E-state index is -0.913. The van der Waals surface area contributed by atoms with Gasteiger partial charge in [-0.1, -0.05) is 0 Å². The normalized spacial score (nSPS) is 23.6. The molecule has 5 nitrogen and oxygen atoms in total. The molecular formula is C12H20N2O3. The van der Waals surface area contributed by atoms with E-state index in [1.54, 1.807) is 0 Å². The van der Waals surface area contributed by atoms with E-state index in [0.717, 1.165) is 32.4 Å². The fourth-order valence-corrected chi connectivity index (χ4v) is 2.29. The van der Waals surface area contributed by atoms with Crippen LogP contribution in [-0.4, -0.2) is 48.1 Å². The van der Waals surface area contributed by atoms with Crippen molar-refractivity contribution in [2.45, 2.75) is 25.7 Å².